The maximum absolute atomic E-state index is 13.0. The number of carbonyl (C=O) groups excluding carboxylic acids is 2. The standard InChI is InChI=1S/C19H25ClN2O4/c1-19(2,3)17(25)14-15(11-6-7-13(23)12(20)10-11)22(9-8-21(4)5)18(26)16(14)24/h6-7,10,15,23-24H,8-9H2,1-5H3. The minimum atomic E-state index is -0.764. The van der Waals surface area contributed by atoms with Gasteiger partial charge in [-0.05, 0) is 31.8 Å². The number of nitrogens with zero attached hydrogens (tertiary/aromatic N) is 2. The molecule has 0 fully saturated rings. The zero-order valence-corrected chi connectivity index (χ0v) is 16.5. The Hall–Kier alpha value is -2.05. The van der Waals surface area contributed by atoms with Crippen LogP contribution in [-0.4, -0.2) is 58.9 Å². The summed E-state index contributed by atoms with van der Waals surface area (Å²) in [5, 5.41) is 20.3. The molecule has 2 rings (SSSR count). The van der Waals surface area contributed by atoms with Crippen LogP contribution in [0.1, 0.15) is 32.4 Å². The Morgan fingerprint density at radius 3 is 2.38 bits per heavy atom. The van der Waals surface area contributed by atoms with E-state index in [9.17, 15) is 19.8 Å². The summed E-state index contributed by atoms with van der Waals surface area (Å²) in [6.07, 6.45) is 0. The van der Waals surface area contributed by atoms with Crippen LogP contribution >= 0.6 is 11.6 Å². The van der Waals surface area contributed by atoms with Crippen LogP contribution in [0.15, 0.2) is 29.5 Å². The molecule has 26 heavy (non-hydrogen) atoms. The van der Waals surface area contributed by atoms with Crippen LogP contribution in [0.4, 0.5) is 0 Å². The highest BCUT2D eigenvalue weighted by Crippen LogP contribution is 2.42. The number of aliphatic hydroxyl groups excluding tert-OH is 1. The number of aliphatic hydroxyl groups is 1. The fraction of sp³-hybridized carbons (Fsp3) is 0.474. The van der Waals surface area contributed by atoms with Crippen LogP contribution in [-0.2, 0) is 9.59 Å². The molecule has 1 heterocycles. The number of amides is 1. The summed E-state index contributed by atoms with van der Waals surface area (Å²) in [7, 11) is 3.75. The Bertz CT molecular complexity index is 765. The van der Waals surface area contributed by atoms with Crippen LogP contribution < -0.4 is 0 Å². The number of rotatable bonds is 5. The lowest BCUT2D eigenvalue weighted by atomic mass is 9.82. The molecular weight excluding hydrogens is 356 g/mol. The zero-order valence-electron chi connectivity index (χ0n) is 15.7. The highest BCUT2D eigenvalue weighted by Gasteiger charge is 2.45. The third-order valence-corrected chi connectivity index (χ3v) is 4.61. The minimum Gasteiger partial charge on any atom is -0.506 e. The Labute approximate surface area is 158 Å². The first-order chi connectivity index (χ1) is 11.9. The number of aromatic hydroxyl groups is 1. The molecule has 6 nitrogen and oxygen atoms in total. The number of phenolic OH excluding ortho intramolecular Hbond substituents is 1. The second kappa shape index (κ2) is 7.29. The number of ketones is 1. The summed E-state index contributed by atoms with van der Waals surface area (Å²) < 4.78 is 0. The Balaban J connectivity index is 2.57. The molecule has 7 heteroatoms. The molecular formula is C19H25ClN2O4. The van der Waals surface area contributed by atoms with Crippen molar-refractivity contribution in [2.75, 3.05) is 27.2 Å². The van der Waals surface area contributed by atoms with Crippen LogP contribution in [0.25, 0.3) is 0 Å². The van der Waals surface area contributed by atoms with Gasteiger partial charge in [-0.2, -0.15) is 0 Å². The van der Waals surface area contributed by atoms with E-state index in [2.05, 4.69) is 0 Å². The van der Waals surface area contributed by atoms with Gasteiger partial charge in [-0.3, -0.25) is 9.59 Å². The molecule has 0 aromatic heterocycles. The summed E-state index contributed by atoms with van der Waals surface area (Å²) in [6, 6.07) is 3.80. The van der Waals surface area contributed by atoms with Crippen molar-refractivity contribution in [3.05, 3.63) is 40.1 Å². The first-order valence-corrected chi connectivity index (χ1v) is 8.75. The molecule has 0 saturated carbocycles. The second-order valence-corrected chi connectivity index (χ2v) is 8.16. The fourth-order valence-corrected chi connectivity index (χ4v) is 3.06. The summed E-state index contributed by atoms with van der Waals surface area (Å²) in [5.74, 6) is -1.48. The van der Waals surface area contributed by atoms with Crippen molar-refractivity contribution in [2.45, 2.75) is 26.8 Å². The van der Waals surface area contributed by atoms with Crippen molar-refractivity contribution in [2.24, 2.45) is 5.41 Å². The van der Waals surface area contributed by atoms with Crippen molar-refractivity contribution >= 4 is 23.3 Å². The smallest absolute Gasteiger partial charge is 0.290 e. The Morgan fingerprint density at radius 2 is 1.88 bits per heavy atom. The van der Waals surface area contributed by atoms with Gasteiger partial charge < -0.3 is 20.0 Å². The quantitative estimate of drug-likeness (QED) is 0.820. The lowest BCUT2D eigenvalue weighted by molar-refractivity contribution is -0.129. The molecule has 2 N–H and O–H groups in total. The van der Waals surface area contributed by atoms with E-state index in [4.69, 9.17) is 11.6 Å². The van der Waals surface area contributed by atoms with Crippen molar-refractivity contribution < 1.29 is 19.8 Å². The van der Waals surface area contributed by atoms with E-state index in [-0.39, 0.29) is 22.1 Å². The summed E-state index contributed by atoms with van der Waals surface area (Å²) in [4.78, 5) is 29.0. The number of carbonyl (C=O) groups is 2. The molecule has 1 aromatic carbocycles. The molecule has 0 aliphatic carbocycles. The number of hydrogen-bond donors (Lipinski definition) is 2. The molecule has 0 radical (unpaired) electrons. The molecule has 0 spiro atoms. The lowest BCUT2D eigenvalue weighted by Gasteiger charge is -2.29. The monoisotopic (exact) mass is 380 g/mol. The maximum Gasteiger partial charge on any atom is 0.290 e. The highest BCUT2D eigenvalue weighted by molar-refractivity contribution is 6.32. The van der Waals surface area contributed by atoms with Crippen LogP contribution in [0, 0.1) is 5.41 Å². The second-order valence-electron chi connectivity index (χ2n) is 7.76. The third kappa shape index (κ3) is 3.86. The molecule has 0 saturated heterocycles. The topological polar surface area (TPSA) is 81.1 Å². The third-order valence-electron chi connectivity index (χ3n) is 4.31. The van der Waals surface area contributed by atoms with Gasteiger partial charge in [0.15, 0.2) is 11.5 Å². The van der Waals surface area contributed by atoms with Crippen LogP contribution in [0.3, 0.4) is 0 Å². The van der Waals surface area contributed by atoms with Crippen LogP contribution in [0.5, 0.6) is 5.75 Å². The molecule has 1 amide bonds. The summed E-state index contributed by atoms with van der Waals surface area (Å²) in [5.41, 5.74) is -0.125. The highest BCUT2D eigenvalue weighted by atomic mass is 35.5. The number of phenols is 1. The van der Waals surface area contributed by atoms with E-state index in [1.807, 2.05) is 19.0 Å². The molecule has 1 aliphatic rings. The van der Waals surface area contributed by atoms with Gasteiger partial charge in [-0.15, -0.1) is 0 Å². The van der Waals surface area contributed by atoms with E-state index in [1.165, 1.54) is 17.0 Å². The minimum absolute atomic E-state index is 0.0722. The van der Waals surface area contributed by atoms with Gasteiger partial charge in [-0.25, -0.2) is 0 Å². The average Bonchev–Trinajstić information content (AvgIpc) is 2.78. The molecule has 1 atom stereocenters. The Kier molecular flexibility index (Phi) is 5.68. The number of hydrogen-bond acceptors (Lipinski definition) is 5. The van der Waals surface area contributed by atoms with Gasteiger partial charge in [0, 0.05) is 18.5 Å². The summed E-state index contributed by atoms with van der Waals surface area (Å²) in [6.45, 7) is 6.12. The van der Waals surface area contributed by atoms with Gasteiger partial charge in [0.05, 0.1) is 16.6 Å². The largest absolute Gasteiger partial charge is 0.506 e. The van der Waals surface area contributed by atoms with Gasteiger partial charge in [-0.1, -0.05) is 38.4 Å². The van der Waals surface area contributed by atoms with Crippen molar-refractivity contribution in [1.82, 2.24) is 9.80 Å². The number of Topliss-reactive ketones (excluding diaryl/α,β-unsaturated/α-hetero) is 1. The predicted molar refractivity (Wildman–Crippen MR) is 100 cm³/mol. The van der Waals surface area contributed by atoms with Gasteiger partial charge in [0.1, 0.15) is 5.75 Å². The molecule has 1 aromatic rings. The van der Waals surface area contributed by atoms with Gasteiger partial charge >= 0.3 is 0 Å². The van der Waals surface area contributed by atoms with Gasteiger partial charge in [0.25, 0.3) is 5.91 Å². The molecule has 1 aliphatic heterocycles. The van der Waals surface area contributed by atoms with E-state index in [0.717, 1.165) is 0 Å². The van der Waals surface area contributed by atoms with E-state index in [1.54, 1.807) is 26.8 Å². The number of likely N-dealkylation sites (N-methyl/N-ethyl adjacent to an activating group) is 1. The van der Waals surface area contributed by atoms with Crippen molar-refractivity contribution in [1.29, 1.82) is 0 Å². The fourth-order valence-electron chi connectivity index (χ4n) is 2.87. The average molecular weight is 381 g/mol. The molecule has 0 bridgehead atoms. The first-order valence-electron chi connectivity index (χ1n) is 8.37. The van der Waals surface area contributed by atoms with E-state index >= 15 is 0 Å². The lowest BCUT2D eigenvalue weighted by Crippen LogP contribution is -2.37. The van der Waals surface area contributed by atoms with Crippen LogP contribution in [0.2, 0.25) is 5.02 Å². The van der Waals surface area contributed by atoms with E-state index < -0.39 is 23.1 Å². The van der Waals surface area contributed by atoms with Crippen molar-refractivity contribution in [3.8, 4) is 5.75 Å². The zero-order chi connectivity index (χ0) is 19.8. The number of benzene rings is 1. The van der Waals surface area contributed by atoms with Crippen molar-refractivity contribution in [3.63, 3.8) is 0 Å². The molecule has 142 valence electrons. The predicted octanol–water partition coefficient (Wildman–Crippen LogP) is 2.92. The summed E-state index contributed by atoms with van der Waals surface area (Å²) >= 11 is 6.03. The van der Waals surface area contributed by atoms with Gasteiger partial charge in [0.2, 0.25) is 0 Å². The van der Waals surface area contributed by atoms with E-state index in [0.29, 0.717) is 18.7 Å². The first kappa shape index (κ1) is 20.3. The Morgan fingerprint density at radius 1 is 1.27 bits per heavy atom. The SMILES string of the molecule is CN(C)CCN1C(=O)C(O)=C(C(=O)C(C)(C)C)C1c1ccc(O)c(Cl)c1. The normalized spacial score (nSPS) is 18.2. The maximum atomic E-state index is 13.0. The number of halogens is 1. The molecule has 1 unspecified atom stereocenters.